The maximum Gasteiger partial charge on any atom is 0.270 e. The zero-order valence-corrected chi connectivity index (χ0v) is 13.1. The lowest BCUT2D eigenvalue weighted by Gasteiger charge is -2.39. The summed E-state index contributed by atoms with van der Waals surface area (Å²) in [5, 5.41) is 9.26. The summed E-state index contributed by atoms with van der Waals surface area (Å²) in [4.78, 5) is 17.7. The predicted molar refractivity (Wildman–Crippen MR) is 87.6 cm³/mol. The standard InChI is InChI=1S/C17H17N3OS/c1-12-16(14-5-3-2-4-6-14)20(7-8-22-12)17(21)15-9-13(10-18)11-19-15/h2-6,9,11-12,16,19H,7-8H2,1H3/t12-,16+/m1/s1. The van der Waals surface area contributed by atoms with Crippen LogP contribution in [0.1, 0.15) is 34.6 Å². The summed E-state index contributed by atoms with van der Waals surface area (Å²) in [6.07, 6.45) is 1.58. The van der Waals surface area contributed by atoms with Crippen LogP contribution in [0.5, 0.6) is 0 Å². The Labute approximate surface area is 134 Å². The Morgan fingerprint density at radius 3 is 2.86 bits per heavy atom. The van der Waals surface area contributed by atoms with E-state index in [1.807, 2.05) is 34.9 Å². The summed E-state index contributed by atoms with van der Waals surface area (Å²) >= 11 is 1.89. The molecule has 2 heterocycles. The Hall–Kier alpha value is -2.19. The number of thioether (sulfide) groups is 1. The minimum Gasteiger partial charge on any atom is -0.356 e. The van der Waals surface area contributed by atoms with Crippen molar-refractivity contribution in [2.24, 2.45) is 0 Å². The number of amides is 1. The number of hydrogen-bond acceptors (Lipinski definition) is 3. The number of nitrogens with zero attached hydrogens (tertiary/aromatic N) is 2. The van der Waals surface area contributed by atoms with E-state index < -0.39 is 0 Å². The first-order valence-corrected chi connectivity index (χ1v) is 8.31. The van der Waals surface area contributed by atoms with Crippen molar-refractivity contribution in [3.63, 3.8) is 0 Å². The molecule has 0 radical (unpaired) electrons. The zero-order chi connectivity index (χ0) is 15.5. The minimum atomic E-state index is -0.0393. The fourth-order valence-corrected chi connectivity index (χ4v) is 4.05. The van der Waals surface area contributed by atoms with E-state index in [1.165, 1.54) is 0 Å². The van der Waals surface area contributed by atoms with E-state index in [9.17, 15) is 4.79 Å². The Balaban J connectivity index is 1.92. The van der Waals surface area contributed by atoms with Crippen LogP contribution in [0.2, 0.25) is 0 Å². The zero-order valence-electron chi connectivity index (χ0n) is 12.3. The molecule has 3 rings (SSSR count). The molecule has 1 fully saturated rings. The number of carbonyl (C=O) groups excluding carboxylic acids is 1. The monoisotopic (exact) mass is 311 g/mol. The normalized spacial score (nSPS) is 21.4. The molecule has 1 aromatic carbocycles. The van der Waals surface area contributed by atoms with Crippen molar-refractivity contribution in [2.45, 2.75) is 18.2 Å². The predicted octanol–water partition coefficient (Wildman–Crippen LogP) is 3.21. The highest BCUT2D eigenvalue weighted by Gasteiger charge is 2.34. The van der Waals surface area contributed by atoms with Crippen LogP contribution in [0.4, 0.5) is 0 Å². The number of H-pyrrole nitrogens is 1. The number of hydrogen-bond donors (Lipinski definition) is 1. The molecule has 0 unspecified atom stereocenters. The number of nitrogens with one attached hydrogen (secondary N) is 1. The van der Waals surface area contributed by atoms with Crippen molar-refractivity contribution in [3.8, 4) is 6.07 Å². The van der Waals surface area contributed by atoms with E-state index in [-0.39, 0.29) is 11.9 Å². The van der Waals surface area contributed by atoms with Gasteiger partial charge in [0, 0.05) is 23.7 Å². The average Bonchev–Trinajstić information content (AvgIpc) is 3.04. The van der Waals surface area contributed by atoms with Gasteiger partial charge in [0.25, 0.3) is 5.91 Å². The third-order valence-electron chi connectivity index (χ3n) is 3.94. The topological polar surface area (TPSA) is 59.9 Å². The molecule has 0 saturated carbocycles. The second-order valence-corrected chi connectivity index (χ2v) is 6.83. The van der Waals surface area contributed by atoms with Crippen molar-refractivity contribution >= 4 is 17.7 Å². The minimum absolute atomic E-state index is 0.0393. The van der Waals surface area contributed by atoms with Gasteiger partial charge >= 0.3 is 0 Å². The lowest BCUT2D eigenvalue weighted by atomic mass is 10.0. The first-order chi connectivity index (χ1) is 10.7. The van der Waals surface area contributed by atoms with Gasteiger partial charge in [0.1, 0.15) is 11.8 Å². The van der Waals surface area contributed by atoms with Crippen molar-refractivity contribution < 1.29 is 4.79 Å². The molecule has 0 aliphatic carbocycles. The maximum absolute atomic E-state index is 12.8. The fraction of sp³-hybridized carbons (Fsp3) is 0.294. The van der Waals surface area contributed by atoms with Gasteiger partial charge in [-0.25, -0.2) is 0 Å². The summed E-state index contributed by atoms with van der Waals surface area (Å²) in [5.41, 5.74) is 2.12. The molecule has 1 amide bonds. The highest BCUT2D eigenvalue weighted by molar-refractivity contribution is 8.00. The number of aromatic nitrogens is 1. The van der Waals surface area contributed by atoms with Gasteiger partial charge in [0.15, 0.2) is 0 Å². The second-order valence-electron chi connectivity index (χ2n) is 5.34. The van der Waals surface area contributed by atoms with Gasteiger partial charge in [-0.1, -0.05) is 37.3 Å². The van der Waals surface area contributed by atoms with Gasteiger partial charge in [-0.3, -0.25) is 4.79 Å². The molecule has 1 N–H and O–H groups in total. The summed E-state index contributed by atoms with van der Waals surface area (Å²) in [5.74, 6) is 0.893. The molecule has 22 heavy (non-hydrogen) atoms. The smallest absolute Gasteiger partial charge is 0.270 e. The Kier molecular flexibility index (Phi) is 4.21. The van der Waals surface area contributed by atoms with Gasteiger partial charge in [-0.05, 0) is 11.6 Å². The van der Waals surface area contributed by atoms with Crippen LogP contribution in [-0.4, -0.2) is 33.3 Å². The lowest BCUT2D eigenvalue weighted by molar-refractivity contribution is 0.0675. The van der Waals surface area contributed by atoms with E-state index >= 15 is 0 Å². The first kappa shape index (κ1) is 14.7. The number of aromatic amines is 1. The first-order valence-electron chi connectivity index (χ1n) is 7.26. The Morgan fingerprint density at radius 2 is 2.18 bits per heavy atom. The third-order valence-corrected chi connectivity index (χ3v) is 5.14. The Bertz CT molecular complexity index is 704. The van der Waals surface area contributed by atoms with Gasteiger partial charge in [-0.15, -0.1) is 0 Å². The highest BCUT2D eigenvalue weighted by Crippen LogP contribution is 2.36. The van der Waals surface area contributed by atoms with Gasteiger partial charge < -0.3 is 9.88 Å². The maximum atomic E-state index is 12.8. The Morgan fingerprint density at radius 1 is 1.41 bits per heavy atom. The van der Waals surface area contributed by atoms with Gasteiger partial charge in [0.05, 0.1) is 11.6 Å². The SMILES string of the molecule is C[C@H]1SCCN(C(=O)c2cc(C#N)c[nH]2)[C@@H]1c1ccccc1. The number of carbonyl (C=O) groups is 1. The van der Waals surface area contributed by atoms with Gasteiger partial charge in [0.2, 0.25) is 0 Å². The van der Waals surface area contributed by atoms with Crippen molar-refractivity contribution in [1.82, 2.24) is 9.88 Å². The number of rotatable bonds is 2. The fourth-order valence-electron chi connectivity index (χ4n) is 2.89. The van der Waals surface area contributed by atoms with Gasteiger partial charge in [-0.2, -0.15) is 17.0 Å². The van der Waals surface area contributed by atoms with Crippen molar-refractivity contribution in [2.75, 3.05) is 12.3 Å². The van der Waals surface area contributed by atoms with E-state index in [0.717, 1.165) is 11.3 Å². The summed E-state index contributed by atoms with van der Waals surface area (Å²) in [6.45, 7) is 2.88. The molecule has 5 heteroatoms. The molecule has 1 aliphatic heterocycles. The van der Waals surface area contributed by atoms with Crippen molar-refractivity contribution in [1.29, 1.82) is 5.26 Å². The largest absolute Gasteiger partial charge is 0.356 e. The van der Waals surface area contributed by atoms with E-state index in [2.05, 4.69) is 30.1 Å². The summed E-state index contributed by atoms with van der Waals surface area (Å²) < 4.78 is 0. The quantitative estimate of drug-likeness (QED) is 0.926. The molecular weight excluding hydrogens is 294 g/mol. The number of nitriles is 1. The van der Waals surface area contributed by atoms with Crippen LogP contribution in [0.3, 0.4) is 0 Å². The molecule has 0 bridgehead atoms. The molecule has 2 aromatic rings. The van der Waals surface area contributed by atoms with E-state index in [0.29, 0.717) is 23.1 Å². The van der Waals surface area contributed by atoms with Crippen LogP contribution in [0, 0.1) is 11.3 Å². The van der Waals surface area contributed by atoms with Crippen LogP contribution >= 0.6 is 11.8 Å². The van der Waals surface area contributed by atoms with E-state index in [4.69, 9.17) is 5.26 Å². The molecule has 112 valence electrons. The van der Waals surface area contributed by atoms with Crippen LogP contribution in [0.15, 0.2) is 42.6 Å². The average molecular weight is 311 g/mol. The van der Waals surface area contributed by atoms with Crippen LogP contribution in [0.25, 0.3) is 0 Å². The second kappa shape index (κ2) is 6.29. The number of benzene rings is 1. The summed E-state index contributed by atoms with van der Waals surface area (Å²) in [6, 6.07) is 13.9. The molecule has 0 spiro atoms. The van der Waals surface area contributed by atoms with E-state index in [1.54, 1.807) is 12.3 Å². The molecule has 2 atom stereocenters. The lowest BCUT2D eigenvalue weighted by Crippen LogP contribution is -2.44. The molecule has 1 saturated heterocycles. The van der Waals surface area contributed by atoms with Crippen LogP contribution < -0.4 is 0 Å². The molecule has 4 nitrogen and oxygen atoms in total. The molecule has 1 aliphatic rings. The molecule has 1 aromatic heterocycles. The van der Waals surface area contributed by atoms with Crippen LogP contribution in [-0.2, 0) is 0 Å². The molecular formula is C17H17N3OS. The summed E-state index contributed by atoms with van der Waals surface area (Å²) in [7, 11) is 0. The third kappa shape index (κ3) is 2.75. The highest BCUT2D eigenvalue weighted by atomic mass is 32.2. The van der Waals surface area contributed by atoms with Crippen molar-refractivity contribution in [3.05, 3.63) is 59.4 Å².